The molecular weight excluding hydrogens is 248 g/mol. The molecule has 0 aromatic rings. The summed E-state index contributed by atoms with van der Waals surface area (Å²) in [5.41, 5.74) is 0.941. The number of hydrogen-bond donors (Lipinski definition) is 0. The van der Waals surface area contributed by atoms with E-state index in [0.717, 1.165) is 38.5 Å². The summed E-state index contributed by atoms with van der Waals surface area (Å²) in [5, 5.41) is 0. The first-order chi connectivity index (χ1) is 9.26. The number of hydrogen-bond acceptors (Lipinski definition) is 2. The van der Waals surface area contributed by atoms with Crippen LogP contribution < -0.4 is 0 Å². The molecular formula is C18H32O2. The van der Waals surface area contributed by atoms with Gasteiger partial charge in [-0.2, -0.15) is 0 Å². The van der Waals surface area contributed by atoms with Crippen LogP contribution in [0.3, 0.4) is 0 Å². The Morgan fingerprint density at radius 2 is 2.10 bits per heavy atom. The van der Waals surface area contributed by atoms with Crippen molar-refractivity contribution in [1.82, 2.24) is 0 Å². The van der Waals surface area contributed by atoms with Crippen molar-refractivity contribution in [2.24, 2.45) is 11.3 Å². The SMILES string of the molecule is C=C1CC(C)CC(CC)(C(C)(C)OC(=O)CCCC)C1. The normalized spacial score (nSPS) is 27.4. The highest BCUT2D eigenvalue weighted by molar-refractivity contribution is 5.69. The molecule has 2 unspecified atom stereocenters. The molecule has 2 atom stereocenters. The van der Waals surface area contributed by atoms with Crippen LogP contribution in [-0.2, 0) is 9.53 Å². The summed E-state index contributed by atoms with van der Waals surface area (Å²) >= 11 is 0. The van der Waals surface area contributed by atoms with E-state index in [-0.39, 0.29) is 11.4 Å². The van der Waals surface area contributed by atoms with Gasteiger partial charge in [0, 0.05) is 11.8 Å². The Kier molecular flexibility index (Phi) is 5.85. The van der Waals surface area contributed by atoms with Crippen molar-refractivity contribution in [3.63, 3.8) is 0 Å². The van der Waals surface area contributed by atoms with Gasteiger partial charge in [0.05, 0.1) is 0 Å². The van der Waals surface area contributed by atoms with E-state index in [4.69, 9.17) is 4.74 Å². The van der Waals surface area contributed by atoms with Crippen LogP contribution >= 0.6 is 0 Å². The number of rotatable bonds is 6. The molecule has 0 N–H and O–H groups in total. The standard InChI is InChI=1S/C18H32O2/c1-7-9-10-16(19)20-17(5,6)18(8-2)12-14(3)11-15(4)13-18/h15H,3,7-13H2,1-2,4-6H3. The zero-order chi connectivity index (χ0) is 15.4. The van der Waals surface area contributed by atoms with E-state index < -0.39 is 5.60 Å². The number of allylic oxidation sites excluding steroid dienone is 1. The van der Waals surface area contributed by atoms with Gasteiger partial charge in [-0.05, 0) is 51.9 Å². The zero-order valence-electron chi connectivity index (χ0n) is 14.1. The Hall–Kier alpha value is -0.790. The molecule has 0 amide bonds. The fourth-order valence-corrected chi connectivity index (χ4v) is 3.77. The maximum Gasteiger partial charge on any atom is 0.306 e. The maximum atomic E-state index is 12.0. The Balaban J connectivity index is 2.85. The third-order valence-electron chi connectivity index (χ3n) is 5.02. The highest BCUT2D eigenvalue weighted by Crippen LogP contribution is 2.52. The number of carbonyl (C=O) groups excluding carboxylic acids is 1. The molecule has 0 radical (unpaired) electrons. The minimum atomic E-state index is -0.413. The van der Waals surface area contributed by atoms with Crippen LogP contribution in [0.25, 0.3) is 0 Å². The van der Waals surface area contributed by atoms with E-state index in [0.29, 0.717) is 12.3 Å². The van der Waals surface area contributed by atoms with Crippen LogP contribution in [0, 0.1) is 11.3 Å². The first-order valence-corrected chi connectivity index (χ1v) is 8.15. The lowest BCUT2D eigenvalue weighted by atomic mass is 9.59. The number of esters is 1. The van der Waals surface area contributed by atoms with E-state index in [1.165, 1.54) is 5.57 Å². The van der Waals surface area contributed by atoms with Crippen molar-refractivity contribution in [1.29, 1.82) is 0 Å². The molecule has 1 rings (SSSR count). The lowest BCUT2D eigenvalue weighted by Gasteiger charge is -2.50. The van der Waals surface area contributed by atoms with Gasteiger partial charge in [0.2, 0.25) is 0 Å². The number of carbonyl (C=O) groups is 1. The van der Waals surface area contributed by atoms with E-state index in [2.05, 4.69) is 41.2 Å². The van der Waals surface area contributed by atoms with Gasteiger partial charge in [0.25, 0.3) is 0 Å². The third-order valence-corrected chi connectivity index (χ3v) is 5.02. The van der Waals surface area contributed by atoms with Crippen molar-refractivity contribution in [3.8, 4) is 0 Å². The summed E-state index contributed by atoms with van der Waals surface area (Å²) in [5.74, 6) is 0.582. The van der Waals surface area contributed by atoms with Crippen LogP contribution in [0.5, 0.6) is 0 Å². The summed E-state index contributed by atoms with van der Waals surface area (Å²) in [4.78, 5) is 12.0. The maximum absolute atomic E-state index is 12.0. The van der Waals surface area contributed by atoms with Crippen LogP contribution in [-0.4, -0.2) is 11.6 Å². The number of unbranched alkanes of at least 4 members (excludes halogenated alkanes) is 1. The second-order valence-corrected chi connectivity index (χ2v) is 7.16. The monoisotopic (exact) mass is 280 g/mol. The summed E-state index contributed by atoms with van der Waals surface area (Å²) in [7, 11) is 0. The zero-order valence-corrected chi connectivity index (χ0v) is 14.1. The fraction of sp³-hybridized carbons (Fsp3) is 0.833. The van der Waals surface area contributed by atoms with E-state index in [1.54, 1.807) is 0 Å². The molecule has 20 heavy (non-hydrogen) atoms. The highest BCUT2D eigenvalue weighted by Gasteiger charge is 2.49. The summed E-state index contributed by atoms with van der Waals surface area (Å²) in [6.45, 7) is 15.0. The first kappa shape index (κ1) is 17.3. The molecule has 0 saturated heterocycles. The smallest absolute Gasteiger partial charge is 0.306 e. The summed E-state index contributed by atoms with van der Waals surface area (Å²) in [6, 6.07) is 0. The Morgan fingerprint density at radius 3 is 2.60 bits per heavy atom. The van der Waals surface area contributed by atoms with Gasteiger partial charge in [-0.15, -0.1) is 0 Å². The molecule has 0 aromatic heterocycles. The second-order valence-electron chi connectivity index (χ2n) is 7.16. The molecule has 1 aliphatic carbocycles. The van der Waals surface area contributed by atoms with E-state index >= 15 is 0 Å². The molecule has 1 fully saturated rings. The lowest BCUT2D eigenvalue weighted by Crippen LogP contribution is -2.49. The molecule has 0 aliphatic heterocycles. The third kappa shape index (κ3) is 3.86. The van der Waals surface area contributed by atoms with Gasteiger partial charge in [-0.25, -0.2) is 0 Å². The van der Waals surface area contributed by atoms with E-state index in [1.807, 2.05) is 0 Å². The predicted octanol–water partition coefficient (Wildman–Crippen LogP) is 5.27. The van der Waals surface area contributed by atoms with Gasteiger partial charge in [-0.1, -0.05) is 39.3 Å². The van der Waals surface area contributed by atoms with Crippen molar-refractivity contribution in [3.05, 3.63) is 12.2 Å². The lowest BCUT2D eigenvalue weighted by molar-refractivity contribution is -0.175. The van der Waals surface area contributed by atoms with Gasteiger partial charge in [-0.3, -0.25) is 4.79 Å². The molecule has 0 aromatic carbocycles. The summed E-state index contributed by atoms with van der Waals surface area (Å²) < 4.78 is 5.89. The van der Waals surface area contributed by atoms with Crippen molar-refractivity contribution in [2.75, 3.05) is 0 Å². The van der Waals surface area contributed by atoms with Crippen molar-refractivity contribution >= 4 is 5.97 Å². The minimum absolute atomic E-state index is 0.0453. The quantitative estimate of drug-likeness (QED) is 0.489. The van der Waals surface area contributed by atoms with Gasteiger partial charge in [0.15, 0.2) is 0 Å². The molecule has 116 valence electrons. The molecule has 1 aliphatic rings. The first-order valence-electron chi connectivity index (χ1n) is 8.15. The second kappa shape index (κ2) is 6.78. The topological polar surface area (TPSA) is 26.3 Å². The molecule has 2 nitrogen and oxygen atoms in total. The largest absolute Gasteiger partial charge is 0.459 e. The molecule has 2 heteroatoms. The summed E-state index contributed by atoms with van der Waals surface area (Å²) in [6.07, 6.45) is 6.74. The van der Waals surface area contributed by atoms with Crippen molar-refractivity contribution < 1.29 is 9.53 Å². The van der Waals surface area contributed by atoms with Crippen LogP contribution in [0.2, 0.25) is 0 Å². The average Bonchev–Trinajstić information content (AvgIpc) is 2.34. The van der Waals surface area contributed by atoms with E-state index in [9.17, 15) is 4.79 Å². The van der Waals surface area contributed by atoms with Gasteiger partial charge < -0.3 is 4.74 Å². The highest BCUT2D eigenvalue weighted by atomic mass is 16.6. The fourth-order valence-electron chi connectivity index (χ4n) is 3.77. The predicted molar refractivity (Wildman–Crippen MR) is 84.6 cm³/mol. The van der Waals surface area contributed by atoms with Gasteiger partial charge >= 0.3 is 5.97 Å². The van der Waals surface area contributed by atoms with Crippen molar-refractivity contribution in [2.45, 2.75) is 85.2 Å². The molecule has 0 bridgehead atoms. The Morgan fingerprint density at radius 1 is 1.45 bits per heavy atom. The Labute approximate surface area is 125 Å². The van der Waals surface area contributed by atoms with Crippen LogP contribution in [0.15, 0.2) is 12.2 Å². The molecule has 0 spiro atoms. The van der Waals surface area contributed by atoms with Gasteiger partial charge in [0.1, 0.15) is 5.60 Å². The average molecular weight is 280 g/mol. The minimum Gasteiger partial charge on any atom is -0.459 e. The number of ether oxygens (including phenoxy) is 1. The van der Waals surface area contributed by atoms with Crippen LogP contribution in [0.4, 0.5) is 0 Å². The molecule has 0 heterocycles. The molecule has 1 saturated carbocycles. The van der Waals surface area contributed by atoms with Crippen LogP contribution in [0.1, 0.15) is 79.6 Å². The Bertz CT molecular complexity index is 356.